The predicted octanol–water partition coefficient (Wildman–Crippen LogP) is 1.26. The summed E-state index contributed by atoms with van der Waals surface area (Å²) >= 11 is 0. The number of likely N-dealkylation sites (tertiary alicyclic amines) is 1. The van der Waals surface area contributed by atoms with Crippen molar-refractivity contribution in [3.05, 3.63) is 0 Å². The van der Waals surface area contributed by atoms with Gasteiger partial charge in [0, 0.05) is 12.5 Å². The van der Waals surface area contributed by atoms with Gasteiger partial charge in [0.2, 0.25) is 5.91 Å². The quantitative estimate of drug-likeness (QED) is 0.763. The number of rotatable bonds is 3. The van der Waals surface area contributed by atoms with Gasteiger partial charge in [-0.05, 0) is 31.1 Å². The van der Waals surface area contributed by atoms with Gasteiger partial charge in [-0.3, -0.25) is 4.79 Å². The molecule has 1 heterocycles. The Morgan fingerprint density at radius 1 is 1.47 bits per heavy atom. The molecule has 2 rings (SSSR count). The molecule has 0 radical (unpaired) electrons. The first-order chi connectivity index (χ1) is 7.15. The van der Waals surface area contributed by atoms with Crippen molar-refractivity contribution < 1.29 is 9.90 Å². The third kappa shape index (κ3) is 2.03. The van der Waals surface area contributed by atoms with Crippen LogP contribution in [0, 0.1) is 17.8 Å². The van der Waals surface area contributed by atoms with Crippen molar-refractivity contribution in [2.24, 2.45) is 17.8 Å². The minimum Gasteiger partial charge on any atom is -0.394 e. The molecule has 1 N–H and O–H groups in total. The normalized spacial score (nSPS) is 33.1. The fourth-order valence-corrected chi connectivity index (χ4v) is 2.62. The largest absolute Gasteiger partial charge is 0.394 e. The van der Waals surface area contributed by atoms with Crippen LogP contribution < -0.4 is 0 Å². The van der Waals surface area contributed by atoms with Gasteiger partial charge in [0.15, 0.2) is 0 Å². The van der Waals surface area contributed by atoms with Crippen LogP contribution in [0.25, 0.3) is 0 Å². The van der Waals surface area contributed by atoms with E-state index in [0.717, 1.165) is 13.0 Å². The van der Waals surface area contributed by atoms with Crippen LogP contribution in [0.15, 0.2) is 0 Å². The van der Waals surface area contributed by atoms with Gasteiger partial charge in [-0.1, -0.05) is 13.8 Å². The molecule has 3 heteroatoms. The van der Waals surface area contributed by atoms with E-state index < -0.39 is 0 Å². The molecule has 3 atom stereocenters. The second kappa shape index (κ2) is 4.12. The van der Waals surface area contributed by atoms with Crippen LogP contribution in [0.3, 0.4) is 0 Å². The van der Waals surface area contributed by atoms with Gasteiger partial charge in [0.1, 0.15) is 0 Å². The molecule has 1 saturated heterocycles. The molecular formula is C12H21NO2. The number of aliphatic hydroxyl groups excluding tert-OH is 1. The zero-order valence-electron chi connectivity index (χ0n) is 9.65. The summed E-state index contributed by atoms with van der Waals surface area (Å²) in [5.74, 6) is 1.50. The minimum absolute atomic E-state index is 0.0682. The molecule has 0 aromatic rings. The van der Waals surface area contributed by atoms with Crippen molar-refractivity contribution in [1.29, 1.82) is 0 Å². The maximum Gasteiger partial charge on any atom is 0.226 e. The molecule has 1 amide bonds. The highest BCUT2D eigenvalue weighted by Gasteiger charge is 2.40. The maximum atomic E-state index is 12.2. The van der Waals surface area contributed by atoms with Crippen LogP contribution in [0.1, 0.15) is 33.1 Å². The number of carbonyl (C=O) groups is 1. The molecule has 3 unspecified atom stereocenters. The lowest BCUT2D eigenvalue weighted by Crippen LogP contribution is -2.42. The molecule has 0 bridgehead atoms. The monoisotopic (exact) mass is 211 g/mol. The fourth-order valence-electron chi connectivity index (χ4n) is 2.62. The van der Waals surface area contributed by atoms with Crippen LogP contribution in [-0.2, 0) is 4.79 Å². The molecule has 86 valence electrons. The number of nitrogens with zero attached hydrogens (tertiary/aromatic N) is 1. The average molecular weight is 211 g/mol. The van der Waals surface area contributed by atoms with E-state index in [0.29, 0.717) is 11.8 Å². The van der Waals surface area contributed by atoms with Crippen molar-refractivity contribution in [1.82, 2.24) is 4.90 Å². The summed E-state index contributed by atoms with van der Waals surface area (Å²) in [6.45, 7) is 5.11. The first-order valence-corrected chi connectivity index (χ1v) is 6.06. The molecule has 2 fully saturated rings. The maximum absolute atomic E-state index is 12.2. The van der Waals surface area contributed by atoms with Crippen molar-refractivity contribution in [2.45, 2.75) is 39.2 Å². The highest BCUT2D eigenvalue weighted by Crippen LogP contribution is 2.38. The van der Waals surface area contributed by atoms with E-state index in [1.165, 1.54) is 12.8 Å². The standard InChI is InChI=1S/C12H21NO2/c1-8-5-6-13(11(8)7-14)12(15)9(2)10-3-4-10/h8-11,14H,3-7H2,1-2H3. The average Bonchev–Trinajstić information content (AvgIpc) is 3.00. The number of hydrogen-bond donors (Lipinski definition) is 1. The van der Waals surface area contributed by atoms with Crippen LogP contribution in [0.4, 0.5) is 0 Å². The Balaban J connectivity index is 1.99. The van der Waals surface area contributed by atoms with Gasteiger partial charge >= 0.3 is 0 Å². The highest BCUT2D eigenvalue weighted by molar-refractivity contribution is 5.79. The lowest BCUT2D eigenvalue weighted by Gasteiger charge is -2.28. The van der Waals surface area contributed by atoms with Crippen LogP contribution in [0.5, 0.6) is 0 Å². The predicted molar refractivity (Wildman–Crippen MR) is 58.3 cm³/mol. The fraction of sp³-hybridized carbons (Fsp3) is 0.917. The summed E-state index contributed by atoms with van der Waals surface area (Å²) in [6, 6.07) is 0.0682. The van der Waals surface area contributed by atoms with Gasteiger partial charge in [0.05, 0.1) is 12.6 Å². The SMILES string of the molecule is CC1CCN(C(=O)C(C)C2CC2)C1CO. The number of carbonyl (C=O) groups excluding carboxylic acids is 1. The van der Waals surface area contributed by atoms with Crippen molar-refractivity contribution in [3.63, 3.8) is 0 Å². The molecule has 1 aliphatic heterocycles. The smallest absolute Gasteiger partial charge is 0.226 e. The third-order valence-electron chi connectivity index (χ3n) is 4.07. The van der Waals surface area contributed by atoms with E-state index in [1.54, 1.807) is 0 Å². The number of aliphatic hydroxyl groups is 1. The van der Waals surface area contributed by atoms with Gasteiger partial charge in [-0.2, -0.15) is 0 Å². The Morgan fingerprint density at radius 2 is 2.13 bits per heavy atom. The third-order valence-corrected chi connectivity index (χ3v) is 4.07. The highest BCUT2D eigenvalue weighted by atomic mass is 16.3. The first kappa shape index (κ1) is 10.9. The van der Waals surface area contributed by atoms with Crippen LogP contribution in [0.2, 0.25) is 0 Å². The second-order valence-corrected chi connectivity index (χ2v) is 5.17. The zero-order valence-corrected chi connectivity index (χ0v) is 9.65. The lowest BCUT2D eigenvalue weighted by atomic mass is 10.0. The topological polar surface area (TPSA) is 40.5 Å². The molecule has 2 aliphatic rings. The van der Waals surface area contributed by atoms with Gasteiger partial charge < -0.3 is 10.0 Å². The van der Waals surface area contributed by atoms with Crippen molar-refractivity contribution >= 4 is 5.91 Å². The van der Waals surface area contributed by atoms with E-state index in [2.05, 4.69) is 6.92 Å². The molecule has 0 spiro atoms. The Kier molecular flexibility index (Phi) is 3.01. The Labute approximate surface area is 91.5 Å². The summed E-state index contributed by atoms with van der Waals surface area (Å²) < 4.78 is 0. The molecular weight excluding hydrogens is 190 g/mol. The molecule has 1 aliphatic carbocycles. The molecule has 1 saturated carbocycles. The Bertz CT molecular complexity index is 250. The van der Waals surface area contributed by atoms with E-state index in [9.17, 15) is 9.90 Å². The minimum atomic E-state index is 0.0682. The summed E-state index contributed by atoms with van der Waals surface area (Å²) in [5, 5.41) is 9.30. The van der Waals surface area contributed by atoms with E-state index in [1.807, 2.05) is 11.8 Å². The van der Waals surface area contributed by atoms with Crippen molar-refractivity contribution in [2.75, 3.05) is 13.2 Å². The van der Waals surface area contributed by atoms with Crippen LogP contribution >= 0.6 is 0 Å². The van der Waals surface area contributed by atoms with Gasteiger partial charge in [-0.15, -0.1) is 0 Å². The summed E-state index contributed by atoms with van der Waals surface area (Å²) in [4.78, 5) is 14.1. The molecule has 3 nitrogen and oxygen atoms in total. The summed E-state index contributed by atoms with van der Waals surface area (Å²) in [7, 11) is 0. The Morgan fingerprint density at radius 3 is 2.67 bits per heavy atom. The second-order valence-electron chi connectivity index (χ2n) is 5.17. The first-order valence-electron chi connectivity index (χ1n) is 6.06. The van der Waals surface area contributed by atoms with Crippen molar-refractivity contribution in [3.8, 4) is 0 Å². The lowest BCUT2D eigenvalue weighted by molar-refractivity contribution is -0.137. The summed E-state index contributed by atoms with van der Waals surface area (Å²) in [5.41, 5.74) is 0. The molecule has 0 aromatic carbocycles. The van der Waals surface area contributed by atoms with E-state index in [-0.39, 0.29) is 24.5 Å². The number of amides is 1. The number of hydrogen-bond acceptors (Lipinski definition) is 2. The van der Waals surface area contributed by atoms with Crippen LogP contribution in [-0.4, -0.2) is 35.1 Å². The Hall–Kier alpha value is -0.570. The van der Waals surface area contributed by atoms with E-state index in [4.69, 9.17) is 0 Å². The molecule has 0 aromatic heterocycles. The van der Waals surface area contributed by atoms with Gasteiger partial charge in [0.25, 0.3) is 0 Å². The summed E-state index contributed by atoms with van der Waals surface area (Å²) in [6.07, 6.45) is 3.45. The van der Waals surface area contributed by atoms with E-state index >= 15 is 0 Å². The zero-order chi connectivity index (χ0) is 11.0. The molecule has 15 heavy (non-hydrogen) atoms. The van der Waals surface area contributed by atoms with Gasteiger partial charge in [-0.25, -0.2) is 0 Å².